The standard InChI is InChI=1S/C11H20N2/c1-5-11(3,4)13-8-7-10(9-13)12-6-2/h1,10,12H,6-9H2,2-4H3. The predicted molar refractivity (Wildman–Crippen MR) is 56.6 cm³/mol. The van der Waals surface area contributed by atoms with Gasteiger partial charge >= 0.3 is 0 Å². The van der Waals surface area contributed by atoms with Gasteiger partial charge in [-0.1, -0.05) is 12.8 Å². The summed E-state index contributed by atoms with van der Waals surface area (Å²) in [4.78, 5) is 2.38. The summed E-state index contributed by atoms with van der Waals surface area (Å²) in [5.41, 5.74) is -0.0792. The molecule has 0 aromatic rings. The predicted octanol–water partition coefficient (Wildman–Crippen LogP) is 1.08. The lowest BCUT2D eigenvalue weighted by Crippen LogP contribution is -2.43. The fourth-order valence-electron chi connectivity index (χ4n) is 1.81. The number of nitrogens with zero attached hydrogens (tertiary/aromatic N) is 1. The molecule has 1 atom stereocenters. The molecule has 1 heterocycles. The molecule has 1 aliphatic heterocycles. The van der Waals surface area contributed by atoms with Crippen LogP contribution < -0.4 is 5.32 Å². The lowest BCUT2D eigenvalue weighted by Gasteiger charge is -2.30. The maximum Gasteiger partial charge on any atom is 0.0766 e. The molecule has 1 rings (SSSR count). The highest BCUT2D eigenvalue weighted by atomic mass is 15.2. The maximum absolute atomic E-state index is 5.49. The lowest BCUT2D eigenvalue weighted by atomic mass is 10.1. The molecule has 0 radical (unpaired) electrons. The van der Waals surface area contributed by atoms with Gasteiger partial charge in [0.15, 0.2) is 0 Å². The summed E-state index contributed by atoms with van der Waals surface area (Å²) in [6.45, 7) is 9.63. The zero-order valence-corrected chi connectivity index (χ0v) is 8.93. The van der Waals surface area contributed by atoms with Gasteiger partial charge in [-0.25, -0.2) is 0 Å². The second-order valence-corrected chi connectivity index (χ2v) is 4.19. The normalized spacial score (nSPS) is 24.6. The van der Waals surface area contributed by atoms with E-state index in [1.54, 1.807) is 0 Å². The van der Waals surface area contributed by atoms with Crippen LogP contribution in [0.4, 0.5) is 0 Å². The molecule has 1 aliphatic rings. The number of likely N-dealkylation sites (tertiary alicyclic amines) is 1. The van der Waals surface area contributed by atoms with Crippen molar-refractivity contribution in [3.63, 3.8) is 0 Å². The van der Waals surface area contributed by atoms with Gasteiger partial charge in [-0.2, -0.15) is 0 Å². The van der Waals surface area contributed by atoms with Crippen LogP contribution in [0.1, 0.15) is 27.2 Å². The van der Waals surface area contributed by atoms with Gasteiger partial charge in [-0.15, -0.1) is 6.42 Å². The molecule has 0 bridgehead atoms. The Hall–Kier alpha value is -0.520. The Morgan fingerprint density at radius 3 is 2.85 bits per heavy atom. The number of hydrogen-bond acceptors (Lipinski definition) is 2. The molecule has 0 aromatic heterocycles. The van der Waals surface area contributed by atoms with E-state index in [2.05, 4.69) is 36.9 Å². The molecule has 0 spiro atoms. The quantitative estimate of drug-likeness (QED) is 0.654. The Balaban J connectivity index is 2.46. The second kappa shape index (κ2) is 4.13. The van der Waals surface area contributed by atoms with E-state index in [-0.39, 0.29) is 5.54 Å². The third kappa shape index (κ3) is 2.46. The van der Waals surface area contributed by atoms with Gasteiger partial charge in [0.05, 0.1) is 5.54 Å². The van der Waals surface area contributed by atoms with Crippen molar-refractivity contribution in [3.05, 3.63) is 0 Å². The highest BCUT2D eigenvalue weighted by Gasteiger charge is 2.31. The second-order valence-electron chi connectivity index (χ2n) is 4.19. The number of likely N-dealkylation sites (N-methyl/N-ethyl adjacent to an activating group) is 1. The van der Waals surface area contributed by atoms with Crippen molar-refractivity contribution in [2.45, 2.75) is 38.8 Å². The molecular weight excluding hydrogens is 160 g/mol. The summed E-state index contributed by atoms with van der Waals surface area (Å²) in [5.74, 6) is 2.84. The molecule has 13 heavy (non-hydrogen) atoms. The third-order valence-electron chi connectivity index (χ3n) is 2.82. The average Bonchev–Trinajstić information content (AvgIpc) is 2.54. The van der Waals surface area contributed by atoms with Gasteiger partial charge in [-0.05, 0) is 26.8 Å². The van der Waals surface area contributed by atoms with E-state index >= 15 is 0 Å². The van der Waals surface area contributed by atoms with Crippen LogP contribution >= 0.6 is 0 Å². The fourth-order valence-corrected chi connectivity index (χ4v) is 1.81. The van der Waals surface area contributed by atoms with Crippen LogP contribution in [-0.4, -0.2) is 36.1 Å². The molecule has 0 aliphatic carbocycles. The molecule has 0 saturated carbocycles. The Morgan fingerprint density at radius 2 is 2.31 bits per heavy atom. The van der Waals surface area contributed by atoms with Crippen molar-refractivity contribution >= 4 is 0 Å². The van der Waals surface area contributed by atoms with Crippen LogP contribution in [0.15, 0.2) is 0 Å². The first kappa shape index (κ1) is 10.6. The van der Waals surface area contributed by atoms with E-state index in [4.69, 9.17) is 6.42 Å². The third-order valence-corrected chi connectivity index (χ3v) is 2.82. The molecule has 1 unspecified atom stereocenters. The first-order valence-corrected chi connectivity index (χ1v) is 5.06. The van der Waals surface area contributed by atoms with E-state index in [0.29, 0.717) is 6.04 Å². The van der Waals surface area contributed by atoms with Crippen LogP contribution in [0.2, 0.25) is 0 Å². The van der Waals surface area contributed by atoms with Crippen molar-refractivity contribution < 1.29 is 0 Å². The number of nitrogens with one attached hydrogen (secondary N) is 1. The van der Waals surface area contributed by atoms with E-state index in [9.17, 15) is 0 Å². The van der Waals surface area contributed by atoms with Gasteiger partial charge in [-0.3, -0.25) is 4.90 Å². The largest absolute Gasteiger partial charge is 0.313 e. The monoisotopic (exact) mass is 180 g/mol. The molecule has 1 N–H and O–H groups in total. The summed E-state index contributed by atoms with van der Waals surface area (Å²) in [5, 5.41) is 3.46. The molecule has 0 amide bonds. The van der Waals surface area contributed by atoms with Crippen LogP contribution in [-0.2, 0) is 0 Å². The van der Waals surface area contributed by atoms with Gasteiger partial charge < -0.3 is 5.32 Å². The smallest absolute Gasteiger partial charge is 0.0766 e. The average molecular weight is 180 g/mol. The summed E-state index contributed by atoms with van der Waals surface area (Å²) in [6.07, 6.45) is 6.71. The molecular formula is C11H20N2. The first-order valence-electron chi connectivity index (χ1n) is 5.06. The van der Waals surface area contributed by atoms with Crippen LogP contribution in [0.25, 0.3) is 0 Å². The van der Waals surface area contributed by atoms with Crippen molar-refractivity contribution in [2.75, 3.05) is 19.6 Å². The first-order chi connectivity index (χ1) is 6.10. The molecule has 0 aromatic carbocycles. The van der Waals surface area contributed by atoms with E-state index < -0.39 is 0 Å². The topological polar surface area (TPSA) is 15.3 Å². The lowest BCUT2D eigenvalue weighted by molar-refractivity contribution is 0.208. The van der Waals surface area contributed by atoms with Crippen LogP contribution in [0.3, 0.4) is 0 Å². The minimum atomic E-state index is -0.0792. The van der Waals surface area contributed by atoms with Crippen molar-refractivity contribution in [1.29, 1.82) is 0 Å². The van der Waals surface area contributed by atoms with E-state index in [1.807, 2.05) is 0 Å². The summed E-state index contributed by atoms with van der Waals surface area (Å²) < 4.78 is 0. The molecule has 2 nitrogen and oxygen atoms in total. The zero-order valence-electron chi connectivity index (χ0n) is 8.93. The highest BCUT2D eigenvalue weighted by Crippen LogP contribution is 2.20. The Morgan fingerprint density at radius 1 is 1.62 bits per heavy atom. The van der Waals surface area contributed by atoms with Crippen LogP contribution in [0, 0.1) is 12.3 Å². The minimum Gasteiger partial charge on any atom is -0.313 e. The Bertz CT molecular complexity index is 203. The van der Waals surface area contributed by atoms with E-state index in [0.717, 1.165) is 19.6 Å². The summed E-state index contributed by atoms with van der Waals surface area (Å²) >= 11 is 0. The Labute approximate surface area is 81.7 Å². The minimum absolute atomic E-state index is 0.0792. The highest BCUT2D eigenvalue weighted by molar-refractivity contribution is 5.10. The van der Waals surface area contributed by atoms with Crippen molar-refractivity contribution in [2.24, 2.45) is 0 Å². The molecule has 1 saturated heterocycles. The van der Waals surface area contributed by atoms with Crippen LogP contribution in [0.5, 0.6) is 0 Å². The van der Waals surface area contributed by atoms with Gasteiger partial charge in [0.1, 0.15) is 0 Å². The number of terminal acetylenes is 1. The van der Waals surface area contributed by atoms with Gasteiger partial charge in [0.25, 0.3) is 0 Å². The summed E-state index contributed by atoms with van der Waals surface area (Å²) in [6, 6.07) is 0.637. The fraction of sp³-hybridized carbons (Fsp3) is 0.818. The number of hydrogen-bond donors (Lipinski definition) is 1. The Kier molecular flexibility index (Phi) is 3.35. The van der Waals surface area contributed by atoms with Crippen molar-refractivity contribution in [1.82, 2.24) is 10.2 Å². The van der Waals surface area contributed by atoms with Gasteiger partial charge in [0.2, 0.25) is 0 Å². The summed E-state index contributed by atoms with van der Waals surface area (Å²) in [7, 11) is 0. The number of rotatable bonds is 3. The molecule has 2 heteroatoms. The molecule has 1 fully saturated rings. The van der Waals surface area contributed by atoms with Crippen molar-refractivity contribution in [3.8, 4) is 12.3 Å². The van der Waals surface area contributed by atoms with E-state index in [1.165, 1.54) is 6.42 Å². The molecule has 74 valence electrons. The zero-order chi connectivity index (χ0) is 9.90. The van der Waals surface area contributed by atoms with Gasteiger partial charge in [0, 0.05) is 19.1 Å². The SMILES string of the molecule is C#CC(C)(C)N1CCC(NCC)C1. The maximum atomic E-state index is 5.49.